The summed E-state index contributed by atoms with van der Waals surface area (Å²) in [4.78, 5) is 0. The summed E-state index contributed by atoms with van der Waals surface area (Å²) in [7, 11) is 1.90. The first-order valence-corrected chi connectivity index (χ1v) is 6.02. The molecule has 0 aromatic heterocycles. The van der Waals surface area contributed by atoms with E-state index in [0.717, 1.165) is 18.4 Å². The molecule has 0 saturated heterocycles. The van der Waals surface area contributed by atoms with Crippen LogP contribution in [0.25, 0.3) is 0 Å². The highest BCUT2D eigenvalue weighted by Crippen LogP contribution is 2.46. The quantitative estimate of drug-likeness (QED) is 0.813. The van der Waals surface area contributed by atoms with Gasteiger partial charge in [0.25, 0.3) is 0 Å². The van der Waals surface area contributed by atoms with E-state index in [4.69, 9.17) is 0 Å². The van der Waals surface area contributed by atoms with Gasteiger partial charge < -0.3 is 10.4 Å². The number of aryl methyl sites for hydroxylation is 2. The van der Waals surface area contributed by atoms with E-state index in [1.807, 2.05) is 7.05 Å². The molecular formula is C14H21NO. The molecule has 1 aromatic carbocycles. The number of aliphatic hydroxyl groups is 1. The molecule has 16 heavy (non-hydrogen) atoms. The molecular weight excluding hydrogens is 198 g/mol. The van der Waals surface area contributed by atoms with Crippen LogP contribution < -0.4 is 5.32 Å². The molecule has 0 spiro atoms. The van der Waals surface area contributed by atoms with Gasteiger partial charge in [0.05, 0.1) is 0 Å². The van der Waals surface area contributed by atoms with E-state index in [1.165, 1.54) is 11.1 Å². The van der Waals surface area contributed by atoms with Crippen molar-refractivity contribution in [3.05, 3.63) is 34.9 Å². The van der Waals surface area contributed by atoms with Gasteiger partial charge in [-0.1, -0.05) is 23.8 Å². The van der Waals surface area contributed by atoms with E-state index in [0.29, 0.717) is 12.5 Å². The molecule has 2 rings (SSSR count). The van der Waals surface area contributed by atoms with Crippen LogP contribution in [0.1, 0.15) is 29.5 Å². The number of likely N-dealkylation sites (N-methyl/N-ethyl adjacent to an activating group) is 1. The van der Waals surface area contributed by atoms with Crippen molar-refractivity contribution in [2.24, 2.45) is 5.92 Å². The van der Waals surface area contributed by atoms with Gasteiger partial charge in [0.1, 0.15) is 5.60 Å². The summed E-state index contributed by atoms with van der Waals surface area (Å²) in [5.41, 5.74) is 2.87. The SMILES string of the molecule is CNCC(O)(c1ccc(C)cc1C)C1CC1. The summed E-state index contributed by atoms with van der Waals surface area (Å²) in [6, 6.07) is 6.32. The highest BCUT2D eigenvalue weighted by atomic mass is 16.3. The minimum atomic E-state index is -0.674. The third-order valence-electron chi connectivity index (χ3n) is 3.55. The first kappa shape index (κ1) is 11.6. The second-order valence-electron chi connectivity index (χ2n) is 5.05. The lowest BCUT2D eigenvalue weighted by Crippen LogP contribution is -2.39. The van der Waals surface area contributed by atoms with Crippen LogP contribution in [-0.4, -0.2) is 18.7 Å². The summed E-state index contributed by atoms with van der Waals surface area (Å²) in [5.74, 6) is 0.432. The predicted molar refractivity (Wildman–Crippen MR) is 66.5 cm³/mol. The number of hydrogen-bond acceptors (Lipinski definition) is 2. The maximum atomic E-state index is 10.8. The van der Waals surface area contributed by atoms with Gasteiger partial charge in [-0.25, -0.2) is 0 Å². The van der Waals surface area contributed by atoms with Gasteiger partial charge >= 0.3 is 0 Å². The minimum Gasteiger partial charge on any atom is -0.384 e. The molecule has 2 nitrogen and oxygen atoms in total. The zero-order chi connectivity index (χ0) is 11.8. The van der Waals surface area contributed by atoms with Crippen molar-refractivity contribution in [2.45, 2.75) is 32.3 Å². The Balaban J connectivity index is 2.38. The van der Waals surface area contributed by atoms with E-state index in [1.54, 1.807) is 0 Å². The van der Waals surface area contributed by atoms with Crippen molar-refractivity contribution in [1.29, 1.82) is 0 Å². The van der Waals surface area contributed by atoms with Crippen molar-refractivity contribution < 1.29 is 5.11 Å². The van der Waals surface area contributed by atoms with Crippen molar-refractivity contribution in [2.75, 3.05) is 13.6 Å². The number of hydrogen-bond donors (Lipinski definition) is 2. The molecule has 0 heterocycles. The Morgan fingerprint density at radius 3 is 2.56 bits per heavy atom. The lowest BCUT2D eigenvalue weighted by Gasteiger charge is -2.30. The monoisotopic (exact) mass is 219 g/mol. The van der Waals surface area contributed by atoms with Crippen molar-refractivity contribution in [3.63, 3.8) is 0 Å². The molecule has 88 valence electrons. The van der Waals surface area contributed by atoms with Crippen LogP contribution in [0.2, 0.25) is 0 Å². The molecule has 0 radical (unpaired) electrons. The topological polar surface area (TPSA) is 32.3 Å². The molecule has 1 atom stereocenters. The third kappa shape index (κ3) is 2.00. The van der Waals surface area contributed by atoms with Gasteiger partial charge in [-0.3, -0.25) is 0 Å². The number of nitrogens with one attached hydrogen (secondary N) is 1. The Labute approximate surface area is 97.7 Å². The van der Waals surface area contributed by atoms with Gasteiger partial charge in [-0.2, -0.15) is 0 Å². The Morgan fingerprint density at radius 2 is 2.06 bits per heavy atom. The van der Waals surface area contributed by atoms with E-state index in [2.05, 4.69) is 37.4 Å². The molecule has 2 heteroatoms. The van der Waals surface area contributed by atoms with Crippen LogP contribution in [0, 0.1) is 19.8 Å². The molecule has 1 saturated carbocycles. The average molecular weight is 219 g/mol. The number of rotatable bonds is 4. The summed E-state index contributed by atoms with van der Waals surface area (Å²) in [6.07, 6.45) is 2.29. The molecule has 0 bridgehead atoms. The van der Waals surface area contributed by atoms with Crippen molar-refractivity contribution in [3.8, 4) is 0 Å². The zero-order valence-corrected chi connectivity index (χ0v) is 10.4. The highest BCUT2D eigenvalue weighted by Gasteiger charge is 2.45. The van der Waals surface area contributed by atoms with Gasteiger partial charge in [0.2, 0.25) is 0 Å². The van der Waals surface area contributed by atoms with E-state index in [9.17, 15) is 5.11 Å². The second kappa shape index (κ2) is 4.19. The average Bonchev–Trinajstić information content (AvgIpc) is 3.00. The van der Waals surface area contributed by atoms with Crippen LogP contribution in [0.4, 0.5) is 0 Å². The van der Waals surface area contributed by atoms with Crippen LogP contribution in [0.15, 0.2) is 18.2 Å². The van der Waals surface area contributed by atoms with Crippen LogP contribution in [0.5, 0.6) is 0 Å². The predicted octanol–water partition coefficient (Wildman–Crippen LogP) is 2.12. The van der Waals surface area contributed by atoms with Crippen LogP contribution in [-0.2, 0) is 5.60 Å². The highest BCUT2D eigenvalue weighted by molar-refractivity contribution is 5.36. The molecule has 1 fully saturated rings. The maximum Gasteiger partial charge on any atom is 0.105 e. The Hall–Kier alpha value is -0.860. The van der Waals surface area contributed by atoms with Crippen LogP contribution in [0.3, 0.4) is 0 Å². The molecule has 2 N–H and O–H groups in total. The fourth-order valence-electron chi connectivity index (χ4n) is 2.59. The maximum absolute atomic E-state index is 10.8. The minimum absolute atomic E-state index is 0.432. The molecule has 1 aliphatic carbocycles. The zero-order valence-electron chi connectivity index (χ0n) is 10.4. The summed E-state index contributed by atoms with van der Waals surface area (Å²) < 4.78 is 0. The first-order chi connectivity index (χ1) is 7.58. The van der Waals surface area contributed by atoms with Crippen molar-refractivity contribution >= 4 is 0 Å². The Kier molecular flexibility index (Phi) is 3.04. The summed E-state index contributed by atoms with van der Waals surface area (Å²) in [6.45, 7) is 4.82. The summed E-state index contributed by atoms with van der Waals surface area (Å²) >= 11 is 0. The Bertz CT molecular complexity index is 384. The molecule has 1 aliphatic rings. The first-order valence-electron chi connectivity index (χ1n) is 6.02. The normalized spacial score (nSPS) is 19.5. The van der Waals surface area contributed by atoms with E-state index < -0.39 is 5.60 Å². The van der Waals surface area contributed by atoms with E-state index >= 15 is 0 Å². The Morgan fingerprint density at radius 1 is 1.38 bits per heavy atom. The van der Waals surface area contributed by atoms with E-state index in [-0.39, 0.29) is 0 Å². The lowest BCUT2D eigenvalue weighted by atomic mass is 9.85. The largest absolute Gasteiger partial charge is 0.384 e. The standard InChI is InChI=1S/C14H21NO/c1-10-4-7-13(11(2)8-10)14(16,9-15-3)12-5-6-12/h4,7-8,12,15-16H,5-6,9H2,1-3H3. The van der Waals surface area contributed by atoms with Crippen LogP contribution >= 0.6 is 0 Å². The molecule has 1 unspecified atom stereocenters. The van der Waals surface area contributed by atoms with Gasteiger partial charge in [-0.05, 0) is 50.8 Å². The fraction of sp³-hybridized carbons (Fsp3) is 0.571. The van der Waals surface area contributed by atoms with Gasteiger partial charge in [-0.15, -0.1) is 0 Å². The smallest absolute Gasteiger partial charge is 0.105 e. The van der Waals surface area contributed by atoms with Gasteiger partial charge in [0, 0.05) is 6.54 Å². The molecule has 0 aliphatic heterocycles. The summed E-state index contributed by atoms with van der Waals surface area (Å²) in [5, 5.41) is 14.0. The number of benzene rings is 1. The third-order valence-corrected chi connectivity index (χ3v) is 3.55. The van der Waals surface area contributed by atoms with Crippen molar-refractivity contribution in [1.82, 2.24) is 5.32 Å². The molecule has 1 aromatic rings. The second-order valence-corrected chi connectivity index (χ2v) is 5.05. The molecule has 0 amide bonds. The lowest BCUT2D eigenvalue weighted by molar-refractivity contribution is 0.0147. The fourth-order valence-corrected chi connectivity index (χ4v) is 2.59. The van der Waals surface area contributed by atoms with Gasteiger partial charge in [0.15, 0.2) is 0 Å².